The highest BCUT2D eigenvalue weighted by molar-refractivity contribution is 7.89. The first-order valence-corrected chi connectivity index (χ1v) is 13.1. The number of hydrogen-bond donors (Lipinski definition) is 4. The highest BCUT2D eigenvalue weighted by Crippen LogP contribution is 2.21. The van der Waals surface area contributed by atoms with Crippen LogP contribution in [-0.4, -0.2) is 44.9 Å². The maximum absolute atomic E-state index is 13.2. The minimum absolute atomic E-state index is 0.0845. The fourth-order valence-corrected chi connectivity index (χ4v) is 5.35. The van der Waals surface area contributed by atoms with Crippen molar-refractivity contribution in [3.05, 3.63) is 59.9 Å². The molecule has 1 atom stereocenters. The van der Waals surface area contributed by atoms with Crippen molar-refractivity contribution >= 4 is 27.5 Å². The maximum atomic E-state index is 13.2. The molecule has 8 nitrogen and oxygen atoms in total. The first kappa shape index (κ1) is 26.8. The van der Waals surface area contributed by atoms with E-state index in [1.807, 2.05) is 0 Å². The molecule has 4 N–H and O–H groups in total. The summed E-state index contributed by atoms with van der Waals surface area (Å²) in [5.41, 5.74) is 0.0440. The lowest BCUT2D eigenvalue weighted by Gasteiger charge is -2.27. The molecule has 1 unspecified atom stereocenters. The molecule has 0 aliphatic carbocycles. The van der Waals surface area contributed by atoms with Crippen molar-refractivity contribution in [3.8, 4) is 0 Å². The molecule has 1 aliphatic heterocycles. The first-order chi connectivity index (χ1) is 16.4. The molecule has 2 aromatic carbocycles. The van der Waals surface area contributed by atoms with Crippen LogP contribution in [0.4, 0.5) is 10.1 Å². The highest BCUT2D eigenvalue weighted by atomic mass is 32.2. The van der Waals surface area contributed by atoms with Gasteiger partial charge in [0.1, 0.15) is 11.9 Å². The second-order valence-corrected chi connectivity index (χ2v) is 11.5. The fourth-order valence-electron chi connectivity index (χ4n) is 3.93. The molecule has 0 aromatic heterocycles. The number of halogens is 1. The van der Waals surface area contributed by atoms with Crippen LogP contribution in [-0.2, 0) is 14.8 Å². The Hall–Kier alpha value is -2.82. The summed E-state index contributed by atoms with van der Waals surface area (Å²) in [5, 5.41) is 8.84. The number of nitrogens with one attached hydrogen (secondary N) is 4. The molecule has 0 saturated carbocycles. The van der Waals surface area contributed by atoms with Gasteiger partial charge >= 0.3 is 0 Å². The Morgan fingerprint density at radius 2 is 1.63 bits per heavy atom. The number of hydrogen-bond acceptors (Lipinski definition) is 5. The zero-order chi connectivity index (χ0) is 25.6. The van der Waals surface area contributed by atoms with Gasteiger partial charge in [0.15, 0.2) is 0 Å². The molecule has 0 spiro atoms. The number of anilines is 1. The van der Waals surface area contributed by atoms with E-state index in [9.17, 15) is 22.4 Å². The summed E-state index contributed by atoms with van der Waals surface area (Å²) >= 11 is 0. The SMILES string of the molecule is CC(C)(C)NS(=O)(=O)c1ccc(NC(=O)C(CC2CCNCC2)NC(=O)c2ccc(F)cc2)cc1. The summed E-state index contributed by atoms with van der Waals surface area (Å²) in [6, 6.07) is 10.2. The third-order valence-corrected chi connectivity index (χ3v) is 7.40. The zero-order valence-electron chi connectivity index (χ0n) is 20.2. The molecule has 0 radical (unpaired) electrons. The van der Waals surface area contributed by atoms with E-state index in [1.165, 1.54) is 48.5 Å². The highest BCUT2D eigenvalue weighted by Gasteiger charge is 2.27. The number of benzene rings is 2. The van der Waals surface area contributed by atoms with Crippen molar-refractivity contribution in [1.29, 1.82) is 0 Å². The Bertz CT molecular complexity index is 1120. The molecule has 1 fully saturated rings. The Balaban J connectivity index is 1.72. The van der Waals surface area contributed by atoms with Gasteiger partial charge in [0.25, 0.3) is 5.91 Å². The van der Waals surface area contributed by atoms with Crippen LogP contribution in [0.5, 0.6) is 0 Å². The van der Waals surface area contributed by atoms with Crippen LogP contribution >= 0.6 is 0 Å². The molecular weight excluding hydrogens is 471 g/mol. The van der Waals surface area contributed by atoms with E-state index in [4.69, 9.17) is 0 Å². The van der Waals surface area contributed by atoms with E-state index in [-0.39, 0.29) is 16.4 Å². The molecule has 190 valence electrons. The van der Waals surface area contributed by atoms with Crippen LogP contribution in [0.15, 0.2) is 53.4 Å². The van der Waals surface area contributed by atoms with Crippen molar-refractivity contribution in [2.45, 2.75) is 56.5 Å². The largest absolute Gasteiger partial charge is 0.340 e. The third-order valence-electron chi connectivity index (χ3n) is 5.63. The number of carbonyl (C=O) groups is 2. The van der Waals surface area contributed by atoms with Crippen LogP contribution in [0.1, 0.15) is 50.4 Å². The second kappa shape index (κ2) is 11.3. The van der Waals surface area contributed by atoms with Crippen molar-refractivity contribution in [3.63, 3.8) is 0 Å². The fraction of sp³-hybridized carbons (Fsp3) is 0.440. The summed E-state index contributed by atoms with van der Waals surface area (Å²) in [6.07, 6.45) is 2.25. The third kappa shape index (κ3) is 8.12. The lowest BCUT2D eigenvalue weighted by molar-refractivity contribution is -0.118. The molecule has 10 heteroatoms. The van der Waals surface area contributed by atoms with Crippen LogP contribution in [0.3, 0.4) is 0 Å². The van der Waals surface area contributed by atoms with Crippen LogP contribution in [0.2, 0.25) is 0 Å². The molecule has 0 bridgehead atoms. The molecule has 1 saturated heterocycles. The predicted octanol–water partition coefficient (Wildman–Crippen LogP) is 3.03. The van der Waals surface area contributed by atoms with Gasteiger partial charge in [-0.1, -0.05) is 0 Å². The maximum Gasteiger partial charge on any atom is 0.251 e. The number of sulfonamides is 1. The van der Waals surface area contributed by atoms with E-state index in [2.05, 4.69) is 20.7 Å². The molecule has 35 heavy (non-hydrogen) atoms. The zero-order valence-corrected chi connectivity index (χ0v) is 21.0. The lowest BCUT2D eigenvalue weighted by Crippen LogP contribution is -2.46. The van der Waals surface area contributed by atoms with Gasteiger partial charge in [0, 0.05) is 16.8 Å². The monoisotopic (exact) mass is 504 g/mol. The van der Waals surface area contributed by atoms with Gasteiger partial charge in [-0.05, 0) is 108 Å². The van der Waals surface area contributed by atoms with Crippen molar-refractivity contribution in [2.24, 2.45) is 5.92 Å². The number of carbonyl (C=O) groups excluding carboxylic acids is 2. The Morgan fingerprint density at radius 1 is 1.03 bits per heavy atom. The molecule has 2 aromatic rings. The van der Waals surface area contributed by atoms with E-state index < -0.39 is 39.2 Å². The average molecular weight is 505 g/mol. The van der Waals surface area contributed by atoms with Crippen molar-refractivity contribution < 1.29 is 22.4 Å². The summed E-state index contributed by atoms with van der Waals surface area (Å²) in [4.78, 5) is 26.0. The Kier molecular flexibility index (Phi) is 8.63. The van der Waals surface area contributed by atoms with Crippen LogP contribution < -0.4 is 20.7 Å². The standard InChI is InChI=1S/C25H33FN4O4S/c1-25(2,3)30-35(33,34)21-10-8-20(9-11-21)28-24(32)22(16-17-12-14-27-15-13-17)29-23(31)18-4-6-19(26)7-5-18/h4-11,17,22,27,30H,12-16H2,1-3H3,(H,28,32)(H,29,31). The minimum Gasteiger partial charge on any atom is -0.340 e. The van der Waals surface area contributed by atoms with Gasteiger partial charge in [0.05, 0.1) is 4.90 Å². The molecular formula is C25H33FN4O4S. The Labute approximate surface area is 206 Å². The first-order valence-electron chi connectivity index (χ1n) is 11.6. The summed E-state index contributed by atoms with van der Waals surface area (Å²) in [5.74, 6) is -1.05. The van der Waals surface area contributed by atoms with Crippen molar-refractivity contribution in [1.82, 2.24) is 15.4 Å². The summed E-state index contributed by atoms with van der Waals surface area (Å²) < 4.78 is 40.8. The van der Waals surface area contributed by atoms with E-state index in [0.29, 0.717) is 12.1 Å². The average Bonchev–Trinajstić information content (AvgIpc) is 2.78. The lowest BCUT2D eigenvalue weighted by atomic mass is 9.90. The van der Waals surface area contributed by atoms with Crippen LogP contribution in [0.25, 0.3) is 0 Å². The topological polar surface area (TPSA) is 116 Å². The van der Waals surface area contributed by atoms with Gasteiger partial charge in [-0.3, -0.25) is 9.59 Å². The summed E-state index contributed by atoms with van der Waals surface area (Å²) in [7, 11) is -3.70. The van der Waals surface area contributed by atoms with Gasteiger partial charge in [-0.25, -0.2) is 17.5 Å². The predicted molar refractivity (Wildman–Crippen MR) is 133 cm³/mol. The van der Waals surface area contributed by atoms with E-state index in [0.717, 1.165) is 25.9 Å². The number of piperidine rings is 1. The normalized spacial score (nSPS) is 15.9. The smallest absolute Gasteiger partial charge is 0.251 e. The molecule has 2 amide bonds. The van der Waals surface area contributed by atoms with Gasteiger partial charge < -0.3 is 16.0 Å². The van der Waals surface area contributed by atoms with Gasteiger partial charge in [-0.15, -0.1) is 0 Å². The second-order valence-electron chi connectivity index (χ2n) is 9.83. The van der Waals surface area contributed by atoms with Gasteiger partial charge in [0.2, 0.25) is 15.9 Å². The van der Waals surface area contributed by atoms with Crippen molar-refractivity contribution in [2.75, 3.05) is 18.4 Å². The number of rotatable bonds is 8. The van der Waals surface area contributed by atoms with E-state index in [1.54, 1.807) is 20.8 Å². The molecule has 1 aliphatic rings. The molecule has 1 heterocycles. The number of amides is 2. The van der Waals surface area contributed by atoms with E-state index >= 15 is 0 Å². The van der Waals surface area contributed by atoms with Gasteiger partial charge in [-0.2, -0.15) is 0 Å². The Morgan fingerprint density at radius 3 is 2.20 bits per heavy atom. The molecule has 3 rings (SSSR count). The minimum atomic E-state index is -3.70. The summed E-state index contributed by atoms with van der Waals surface area (Å²) in [6.45, 7) is 6.96. The quantitative estimate of drug-likeness (QED) is 0.441. The van der Waals surface area contributed by atoms with Crippen LogP contribution in [0, 0.1) is 11.7 Å².